The Labute approximate surface area is 254 Å². The summed E-state index contributed by atoms with van der Waals surface area (Å²) in [4.78, 5) is 12.6. The lowest BCUT2D eigenvalue weighted by Gasteiger charge is -2.21. The van der Waals surface area contributed by atoms with Crippen molar-refractivity contribution in [2.75, 3.05) is 6.61 Å². The number of benzene rings is 3. The van der Waals surface area contributed by atoms with Gasteiger partial charge in [-0.25, -0.2) is 4.79 Å². The highest BCUT2D eigenvalue weighted by molar-refractivity contribution is 5.91. The van der Waals surface area contributed by atoms with Crippen molar-refractivity contribution in [1.82, 2.24) is 0 Å². The van der Waals surface area contributed by atoms with E-state index in [1.165, 1.54) is 44.2 Å². The largest absolute Gasteiger partial charge is 0.494 e. The number of carbonyl (C=O) groups excluding carboxylic acids is 1. The smallest absolute Gasteiger partial charge is 0.414 e. The third-order valence-corrected chi connectivity index (χ3v) is 7.34. The molecule has 0 heterocycles. The fourth-order valence-corrected chi connectivity index (χ4v) is 4.73. The van der Waals surface area contributed by atoms with Crippen molar-refractivity contribution in [2.45, 2.75) is 103 Å². The molecule has 0 aliphatic carbocycles. The molecule has 7 heteroatoms. The zero-order chi connectivity index (χ0) is 30.9. The summed E-state index contributed by atoms with van der Waals surface area (Å²) in [5, 5.41) is 0. The number of carbonyl (C=O) groups is 1. The van der Waals surface area contributed by atoms with E-state index < -0.39 is 18.2 Å². The van der Waals surface area contributed by atoms with E-state index >= 15 is 0 Å². The molecule has 3 rings (SSSR count). The second kappa shape index (κ2) is 18.4. The van der Waals surface area contributed by atoms with E-state index in [0.29, 0.717) is 23.3 Å². The highest BCUT2D eigenvalue weighted by atomic mass is 19.4. The van der Waals surface area contributed by atoms with Gasteiger partial charge < -0.3 is 14.2 Å². The van der Waals surface area contributed by atoms with Gasteiger partial charge in [0.2, 0.25) is 0 Å². The summed E-state index contributed by atoms with van der Waals surface area (Å²) >= 11 is 0. The fourth-order valence-electron chi connectivity index (χ4n) is 4.73. The Balaban J connectivity index is 1.45. The molecule has 0 aliphatic rings. The van der Waals surface area contributed by atoms with Gasteiger partial charge in [-0.1, -0.05) is 108 Å². The molecule has 0 bridgehead atoms. The number of rotatable bonds is 19. The van der Waals surface area contributed by atoms with Crippen LogP contribution >= 0.6 is 0 Å². The van der Waals surface area contributed by atoms with Gasteiger partial charge in [0.1, 0.15) is 11.5 Å². The van der Waals surface area contributed by atoms with Gasteiger partial charge in [0, 0.05) is 0 Å². The van der Waals surface area contributed by atoms with Gasteiger partial charge in [-0.15, -0.1) is 0 Å². The molecule has 4 nitrogen and oxygen atoms in total. The molecule has 234 valence electrons. The van der Waals surface area contributed by atoms with E-state index in [4.69, 9.17) is 14.2 Å². The molecular weight excluding hydrogens is 553 g/mol. The van der Waals surface area contributed by atoms with Gasteiger partial charge >= 0.3 is 12.1 Å². The van der Waals surface area contributed by atoms with E-state index in [-0.39, 0.29) is 13.0 Å². The minimum Gasteiger partial charge on any atom is -0.494 e. The second-order valence-electron chi connectivity index (χ2n) is 10.9. The topological polar surface area (TPSA) is 44.8 Å². The lowest BCUT2D eigenvalue weighted by Crippen LogP contribution is -2.31. The Morgan fingerprint density at radius 2 is 1.21 bits per heavy atom. The van der Waals surface area contributed by atoms with Crippen molar-refractivity contribution in [3.63, 3.8) is 0 Å². The molecule has 0 spiro atoms. The van der Waals surface area contributed by atoms with E-state index in [9.17, 15) is 18.0 Å². The number of ether oxygens (including phenoxy) is 3. The quantitative estimate of drug-likeness (QED) is 0.0782. The first-order valence-corrected chi connectivity index (χ1v) is 15.6. The van der Waals surface area contributed by atoms with Gasteiger partial charge in [0.05, 0.1) is 18.8 Å². The molecule has 0 N–H and O–H groups in total. The Kier molecular flexibility index (Phi) is 14.6. The predicted octanol–water partition coefficient (Wildman–Crippen LogP) is 10.7. The van der Waals surface area contributed by atoms with E-state index in [2.05, 4.69) is 6.92 Å². The van der Waals surface area contributed by atoms with Crippen LogP contribution in [0.4, 0.5) is 13.2 Å². The first-order valence-electron chi connectivity index (χ1n) is 15.6. The molecule has 3 aromatic rings. The molecule has 1 atom stereocenters. The van der Waals surface area contributed by atoms with Crippen molar-refractivity contribution >= 4 is 5.97 Å². The summed E-state index contributed by atoms with van der Waals surface area (Å²) in [6, 6.07) is 21.4. The number of esters is 1. The van der Waals surface area contributed by atoms with Gasteiger partial charge in [-0.05, 0) is 65.9 Å². The molecule has 0 saturated carbocycles. The Bertz CT molecular complexity index is 1190. The minimum atomic E-state index is -4.41. The third kappa shape index (κ3) is 12.4. The molecule has 43 heavy (non-hydrogen) atoms. The fraction of sp³-hybridized carbons (Fsp3) is 0.472. The van der Waals surface area contributed by atoms with Crippen molar-refractivity contribution in [2.24, 2.45) is 0 Å². The standard InChI is InChI=1S/C36H45F3O4/c1-3-5-7-9-10-12-26-41-32-22-18-29(19-23-32)30-20-24-33(25-21-30)43-35(40)31-16-14-28(15-17-31)27-42-34(36(37,38)39)13-11-8-6-4-2/h14-25,34H,3-13,26-27H2,1-2H3. The number of hydrogen-bond acceptors (Lipinski definition) is 4. The summed E-state index contributed by atoms with van der Waals surface area (Å²) in [5.41, 5.74) is 2.87. The maximum Gasteiger partial charge on any atom is 0.414 e. The molecular formula is C36H45F3O4. The number of unbranched alkanes of at least 4 members (excludes halogenated alkanes) is 8. The lowest BCUT2D eigenvalue weighted by atomic mass is 10.1. The highest BCUT2D eigenvalue weighted by Crippen LogP contribution is 2.29. The molecule has 3 aromatic carbocycles. The van der Waals surface area contributed by atoms with Crippen molar-refractivity contribution in [3.05, 3.63) is 83.9 Å². The zero-order valence-corrected chi connectivity index (χ0v) is 25.5. The van der Waals surface area contributed by atoms with Crippen LogP contribution in [0.25, 0.3) is 11.1 Å². The zero-order valence-electron chi connectivity index (χ0n) is 25.5. The normalized spacial score (nSPS) is 12.2. The molecule has 0 fully saturated rings. The maximum atomic E-state index is 13.3. The first kappa shape index (κ1) is 34.2. The summed E-state index contributed by atoms with van der Waals surface area (Å²) in [5.74, 6) is 0.704. The van der Waals surface area contributed by atoms with Gasteiger partial charge in [-0.3, -0.25) is 0 Å². The third-order valence-electron chi connectivity index (χ3n) is 7.34. The lowest BCUT2D eigenvalue weighted by molar-refractivity contribution is -0.225. The van der Waals surface area contributed by atoms with Crippen LogP contribution in [0.2, 0.25) is 0 Å². The van der Waals surface area contributed by atoms with Crippen LogP contribution < -0.4 is 9.47 Å². The number of halogens is 3. The summed E-state index contributed by atoms with van der Waals surface area (Å²) in [6.45, 7) is 4.78. The van der Waals surface area contributed by atoms with Crippen LogP contribution in [0.3, 0.4) is 0 Å². The van der Waals surface area contributed by atoms with Crippen LogP contribution in [0.15, 0.2) is 72.8 Å². The van der Waals surface area contributed by atoms with Gasteiger partial charge in [0.15, 0.2) is 6.10 Å². The Hall–Kier alpha value is -3.32. The maximum absolute atomic E-state index is 13.3. The van der Waals surface area contributed by atoms with Gasteiger partial charge in [-0.2, -0.15) is 13.2 Å². The molecule has 0 radical (unpaired) electrons. The molecule has 0 aromatic heterocycles. The van der Waals surface area contributed by atoms with Crippen LogP contribution in [0.5, 0.6) is 11.5 Å². The molecule has 0 saturated heterocycles. The summed E-state index contributed by atoms with van der Waals surface area (Å²) in [7, 11) is 0. The van der Waals surface area contributed by atoms with Gasteiger partial charge in [0.25, 0.3) is 0 Å². The SMILES string of the molecule is CCCCCCCCOc1ccc(-c2ccc(OC(=O)c3ccc(COC(CCCCCC)C(F)(F)F)cc3)cc2)cc1. The Morgan fingerprint density at radius 1 is 0.674 bits per heavy atom. The van der Waals surface area contributed by atoms with Crippen LogP contribution in [0.1, 0.15) is 100 Å². The van der Waals surface area contributed by atoms with Crippen LogP contribution in [-0.2, 0) is 11.3 Å². The summed E-state index contributed by atoms with van der Waals surface area (Å²) in [6.07, 6.45) is 4.22. The Morgan fingerprint density at radius 3 is 1.79 bits per heavy atom. The van der Waals surface area contributed by atoms with E-state index in [1.54, 1.807) is 24.3 Å². The van der Waals surface area contributed by atoms with Crippen molar-refractivity contribution in [1.29, 1.82) is 0 Å². The van der Waals surface area contributed by atoms with E-state index in [0.717, 1.165) is 49.2 Å². The minimum absolute atomic E-state index is 0.0499. The van der Waals surface area contributed by atoms with Crippen molar-refractivity contribution < 1.29 is 32.2 Å². The predicted molar refractivity (Wildman–Crippen MR) is 166 cm³/mol. The second-order valence-corrected chi connectivity index (χ2v) is 10.9. The highest BCUT2D eigenvalue weighted by Gasteiger charge is 2.40. The average molecular weight is 599 g/mol. The molecule has 0 aliphatic heterocycles. The summed E-state index contributed by atoms with van der Waals surface area (Å²) < 4.78 is 56.6. The average Bonchev–Trinajstić information content (AvgIpc) is 3.00. The number of alkyl halides is 3. The molecule has 0 amide bonds. The monoisotopic (exact) mass is 598 g/mol. The van der Waals surface area contributed by atoms with Crippen LogP contribution in [0, 0.1) is 0 Å². The van der Waals surface area contributed by atoms with Crippen molar-refractivity contribution in [3.8, 4) is 22.6 Å². The van der Waals surface area contributed by atoms with E-state index in [1.807, 2.05) is 43.3 Å². The van der Waals surface area contributed by atoms with Crippen LogP contribution in [-0.4, -0.2) is 24.9 Å². The molecule has 1 unspecified atom stereocenters. The number of hydrogen-bond donors (Lipinski definition) is 0. The first-order chi connectivity index (χ1) is 20.8.